The molecule has 2 aromatic heterocycles. The van der Waals surface area contributed by atoms with E-state index in [0.717, 1.165) is 23.4 Å². The third-order valence-electron chi connectivity index (χ3n) is 1.82. The van der Waals surface area contributed by atoms with Crippen molar-refractivity contribution in [3.8, 4) is 0 Å². The molecule has 0 aliphatic heterocycles. The van der Waals surface area contributed by atoms with Gasteiger partial charge < -0.3 is 5.32 Å². The maximum Gasteiger partial charge on any atom is 0.178 e. The Hall–Kier alpha value is -1.65. The summed E-state index contributed by atoms with van der Waals surface area (Å²) in [7, 11) is 1.83. The Labute approximate surface area is 75.8 Å². The van der Waals surface area contributed by atoms with Crippen LogP contribution in [0.4, 0.5) is 5.69 Å². The fraction of sp³-hybridized carbons (Fsp3) is 0.375. The van der Waals surface area contributed by atoms with Gasteiger partial charge in [-0.1, -0.05) is 5.21 Å². The molecule has 0 amide bonds. The molecule has 2 heterocycles. The zero-order valence-corrected chi connectivity index (χ0v) is 7.65. The molecule has 5 nitrogen and oxygen atoms in total. The molecule has 0 bridgehead atoms. The van der Waals surface area contributed by atoms with Gasteiger partial charge in [0.15, 0.2) is 5.65 Å². The van der Waals surface area contributed by atoms with Crippen LogP contribution in [0.1, 0.15) is 6.92 Å². The summed E-state index contributed by atoms with van der Waals surface area (Å²) in [5, 5.41) is 11.0. The van der Waals surface area contributed by atoms with E-state index in [0.29, 0.717) is 0 Å². The maximum atomic E-state index is 4.23. The first-order valence-electron chi connectivity index (χ1n) is 4.20. The van der Waals surface area contributed by atoms with Gasteiger partial charge in [0.25, 0.3) is 0 Å². The van der Waals surface area contributed by atoms with Crippen LogP contribution in [0.25, 0.3) is 11.2 Å². The van der Waals surface area contributed by atoms with Crippen LogP contribution in [0.2, 0.25) is 0 Å². The second-order valence-corrected chi connectivity index (χ2v) is 2.81. The van der Waals surface area contributed by atoms with Crippen molar-refractivity contribution in [1.82, 2.24) is 20.0 Å². The second kappa shape index (κ2) is 3.01. The zero-order valence-electron chi connectivity index (χ0n) is 7.65. The van der Waals surface area contributed by atoms with Gasteiger partial charge in [-0.05, 0) is 13.0 Å². The fourth-order valence-corrected chi connectivity index (χ4v) is 1.23. The van der Waals surface area contributed by atoms with Gasteiger partial charge in [0.2, 0.25) is 0 Å². The smallest absolute Gasteiger partial charge is 0.178 e. The van der Waals surface area contributed by atoms with Crippen LogP contribution in [0.15, 0.2) is 12.3 Å². The molecule has 0 aliphatic carbocycles. The molecule has 2 rings (SSSR count). The molecule has 0 aromatic carbocycles. The molecule has 1 N–H and O–H groups in total. The first-order valence-corrected chi connectivity index (χ1v) is 4.20. The zero-order chi connectivity index (χ0) is 9.26. The van der Waals surface area contributed by atoms with E-state index in [1.54, 1.807) is 10.9 Å². The first-order chi connectivity index (χ1) is 6.31. The molecule has 5 heteroatoms. The number of hydrogen-bond acceptors (Lipinski definition) is 4. The quantitative estimate of drug-likeness (QED) is 0.737. The molecule has 2 aromatic rings. The standard InChI is InChI=1S/C8H11N5/c1-3-9-6-4-7-8(10-5-6)13(2)12-11-7/h4-5,9H,3H2,1-2H3. The predicted octanol–water partition coefficient (Wildman–Crippen LogP) is 0.795. The molecule has 0 unspecified atom stereocenters. The number of nitrogens with one attached hydrogen (secondary N) is 1. The minimum absolute atomic E-state index is 0.807. The van der Waals surface area contributed by atoms with Crippen molar-refractivity contribution >= 4 is 16.9 Å². The number of pyridine rings is 1. The van der Waals surface area contributed by atoms with Crippen LogP contribution in [-0.4, -0.2) is 26.5 Å². The summed E-state index contributed by atoms with van der Waals surface area (Å²) in [6.07, 6.45) is 1.79. The van der Waals surface area contributed by atoms with Gasteiger partial charge in [0.05, 0.1) is 11.9 Å². The predicted molar refractivity (Wildman–Crippen MR) is 50.5 cm³/mol. The molecule has 0 atom stereocenters. The van der Waals surface area contributed by atoms with E-state index in [2.05, 4.69) is 20.6 Å². The molecule has 0 aliphatic rings. The van der Waals surface area contributed by atoms with Gasteiger partial charge in [-0.25, -0.2) is 9.67 Å². The van der Waals surface area contributed by atoms with Gasteiger partial charge in [-0.2, -0.15) is 0 Å². The Kier molecular flexibility index (Phi) is 1.84. The third kappa shape index (κ3) is 1.32. The molecule has 0 saturated carbocycles. The van der Waals surface area contributed by atoms with Gasteiger partial charge in [0.1, 0.15) is 5.52 Å². The molecule has 68 valence electrons. The van der Waals surface area contributed by atoms with Crippen LogP contribution in [0.3, 0.4) is 0 Å². The van der Waals surface area contributed by atoms with E-state index >= 15 is 0 Å². The van der Waals surface area contributed by atoms with Gasteiger partial charge in [-0.15, -0.1) is 5.10 Å². The molecule has 0 spiro atoms. The first kappa shape index (κ1) is 7.97. The van der Waals surface area contributed by atoms with Crippen LogP contribution in [-0.2, 0) is 7.05 Å². The second-order valence-electron chi connectivity index (χ2n) is 2.81. The number of rotatable bonds is 2. The Balaban J connectivity index is 2.50. The maximum absolute atomic E-state index is 4.23. The Morgan fingerprint density at radius 1 is 1.54 bits per heavy atom. The molecular weight excluding hydrogens is 166 g/mol. The summed E-state index contributed by atoms with van der Waals surface area (Å²) < 4.78 is 1.66. The average molecular weight is 177 g/mol. The highest BCUT2D eigenvalue weighted by Crippen LogP contribution is 2.12. The van der Waals surface area contributed by atoms with Gasteiger partial charge in [0, 0.05) is 13.6 Å². The van der Waals surface area contributed by atoms with Crippen molar-refractivity contribution in [2.75, 3.05) is 11.9 Å². The van der Waals surface area contributed by atoms with Crippen molar-refractivity contribution in [3.63, 3.8) is 0 Å². The summed E-state index contributed by atoms with van der Waals surface area (Å²) in [6.45, 7) is 2.92. The third-order valence-corrected chi connectivity index (χ3v) is 1.82. The molecular formula is C8H11N5. The number of nitrogens with zero attached hydrogens (tertiary/aromatic N) is 4. The van der Waals surface area contributed by atoms with Crippen molar-refractivity contribution in [3.05, 3.63) is 12.3 Å². The van der Waals surface area contributed by atoms with E-state index in [1.807, 2.05) is 20.0 Å². The Morgan fingerprint density at radius 3 is 3.15 bits per heavy atom. The number of fused-ring (bicyclic) bond motifs is 1. The van der Waals surface area contributed by atoms with Crippen LogP contribution in [0, 0.1) is 0 Å². The molecule has 0 saturated heterocycles. The van der Waals surface area contributed by atoms with E-state index in [-0.39, 0.29) is 0 Å². The number of anilines is 1. The van der Waals surface area contributed by atoms with Crippen molar-refractivity contribution in [2.45, 2.75) is 6.92 Å². The topological polar surface area (TPSA) is 55.6 Å². The van der Waals surface area contributed by atoms with Crippen molar-refractivity contribution in [1.29, 1.82) is 0 Å². The SMILES string of the molecule is CCNc1cnc2c(c1)nnn2C. The summed E-state index contributed by atoms with van der Waals surface area (Å²) in [5.74, 6) is 0. The minimum atomic E-state index is 0.807. The summed E-state index contributed by atoms with van der Waals surface area (Å²) in [4.78, 5) is 4.23. The molecule has 0 fully saturated rings. The summed E-state index contributed by atoms with van der Waals surface area (Å²) in [6, 6.07) is 1.94. The fourth-order valence-electron chi connectivity index (χ4n) is 1.23. The highest BCUT2D eigenvalue weighted by Gasteiger charge is 2.02. The Morgan fingerprint density at radius 2 is 2.38 bits per heavy atom. The minimum Gasteiger partial charge on any atom is -0.384 e. The number of aromatic nitrogens is 4. The lowest BCUT2D eigenvalue weighted by Gasteiger charge is -2.00. The summed E-state index contributed by atoms with van der Waals surface area (Å²) in [5.41, 5.74) is 2.61. The monoisotopic (exact) mass is 177 g/mol. The molecule has 13 heavy (non-hydrogen) atoms. The number of aryl methyl sites for hydroxylation is 1. The highest BCUT2D eigenvalue weighted by atomic mass is 15.4. The lowest BCUT2D eigenvalue weighted by Crippen LogP contribution is -1.97. The largest absolute Gasteiger partial charge is 0.384 e. The van der Waals surface area contributed by atoms with Gasteiger partial charge in [-0.3, -0.25) is 0 Å². The van der Waals surface area contributed by atoms with E-state index < -0.39 is 0 Å². The van der Waals surface area contributed by atoms with E-state index in [9.17, 15) is 0 Å². The van der Waals surface area contributed by atoms with Crippen LogP contribution >= 0.6 is 0 Å². The van der Waals surface area contributed by atoms with Crippen LogP contribution in [0.5, 0.6) is 0 Å². The summed E-state index contributed by atoms with van der Waals surface area (Å²) >= 11 is 0. The van der Waals surface area contributed by atoms with Crippen molar-refractivity contribution < 1.29 is 0 Å². The lowest BCUT2D eigenvalue weighted by molar-refractivity contribution is 0.730. The van der Waals surface area contributed by atoms with Gasteiger partial charge >= 0.3 is 0 Å². The molecule has 0 radical (unpaired) electrons. The normalized spacial score (nSPS) is 10.6. The van der Waals surface area contributed by atoms with E-state index in [4.69, 9.17) is 0 Å². The number of hydrogen-bond donors (Lipinski definition) is 1. The van der Waals surface area contributed by atoms with E-state index in [1.165, 1.54) is 0 Å². The average Bonchev–Trinajstić information content (AvgIpc) is 2.48. The Bertz CT molecular complexity index is 419. The highest BCUT2D eigenvalue weighted by molar-refractivity contribution is 5.73. The van der Waals surface area contributed by atoms with Crippen LogP contribution < -0.4 is 5.32 Å². The van der Waals surface area contributed by atoms with Crippen molar-refractivity contribution in [2.24, 2.45) is 7.05 Å². The lowest BCUT2D eigenvalue weighted by atomic mass is 10.4.